The minimum atomic E-state index is -0.981. The monoisotopic (exact) mass is 500 g/mol. The van der Waals surface area contributed by atoms with E-state index in [0.29, 0.717) is 17.5 Å². The highest BCUT2D eigenvalue weighted by Crippen LogP contribution is 2.44. The van der Waals surface area contributed by atoms with Crippen LogP contribution in [0.2, 0.25) is 5.02 Å². The van der Waals surface area contributed by atoms with Gasteiger partial charge in [0.05, 0.1) is 16.8 Å². The third kappa shape index (κ3) is 5.02. The molecule has 1 aliphatic carbocycles. The smallest absolute Gasteiger partial charge is 0.335 e. The number of rotatable bonds is 7. The molecular weight excluding hydrogens is 472 g/mol. The molecular formula is C30H29ClN2O3. The van der Waals surface area contributed by atoms with Crippen LogP contribution in [0.25, 0.3) is 22.2 Å². The quantitative estimate of drug-likeness (QED) is 0.286. The molecule has 0 aliphatic heterocycles. The summed E-state index contributed by atoms with van der Waals surface area (Å²) in [4.78, 5) is 25.0. The molecule has 1 saturated carbocycles. The van der Waals surface area contributed by atoms with Gasteiger partial charge in [-0.2, -0.15) is 0 Å². The van der Waals surface area contributed by atoms with E-state index < -0.39 is 5.97 Å². The van der Waals surface area contributed by atoms with Crippen LogP contribution >= 0.6 is 11.6 Å². The van der Waals surface area contributed by atoms with Gasteiger partial charge in [0.2, 0.25) is 5.91 Å². The van der Waals surface area contributed by atoms with Crippen molar-refractivity contribution >= 4 is 34.4 Å². The van der Waals surface area contributed by atoms with Crippen LogP contribution in [-0.2, 0) is 17.9 Å². The van der Waals surface area contributed by atoms with Crippen molar-refractivity contribution in [2.45, 2.75) is 51.1 Å². The first-order valence-electron chi connectivity index (χ1n) is 12.5. The summed E-state index contributed by atoms with van der Waals surface area (Å²) in [5.41, 5.74) is 5.17. The number of hydrogen-bond acceptors (Lipinski definition) is 2. The van der Waals surface area contributed by atoms with E-state index in [0.717, 1.165) is 40.6 Å². The average molecular weight is 501 g/mol. The number of halogens is 1. The van der Waals surface area contributed by atoms with Crippen LogP contribution in [0.5, 0.6) is 0 Å². The van der Waals surface area contributed by atoms with E-state index in [-0.39, 0.29) is 18.0 Å². The molecule has 5 rings (SSSR count). The number of nitrogens with zero attached hydrogens (tertiary/aromatic N) is 1. The molecule has 1 amide bonds. The standard InChI is InChI=1S/C30H29ClN2O3/c31-24-14-11-22(12-15-24)29-28(21-9-5-2-6-10-21)25-16-13-23(30(35)36)17-26(25)33(29)19-27(34)32-18-20-7-3-1-4-8-20/h1,3-4,7-8,11-17,21H,2,5-6,9-10,18-19H2,(H,32,34)(H,35,36). The minimum Gasteiger partial charge on any atom is -0.478 e. The highest BCUT2D eigenvalue weighted by atomic mass is 35.5. The molecule has 0 radical (unpaired) electrons. The fourth-order valence-corrected chi connectivity index (χ4v) is 5.52. The summed E-state index contributed by atoms with van der Waals surface area (Å²) in [5, 5.41) is 14.4. The van der Waals surface area contributed by atoms with Crippen molar-refractivity contribution < 1.29 is 14.7 Å². The Balaban J connectivity index is 1.63. The van der Waals surface area contributed by atoms with Crippen LogP contribution in [0.15, 0.2) is 72.8 Å². The van der Waals surface area contributed by atoms with E-state index in [1.807, 2.05) is 65.2 Å². The Morgan fingerprint density at radius 2 is 1.67 bits per heavy atom. The zero-order valence-corrected chi connectivity index (χ0v) is 20.8. The second-order valence-corrected chi connectivity index (χ2v) is 9.93. The summed E-state index contributed by atoms with van der Waals surface area (Å²) >= 11 is 6.21. The number of carbonyl (C=O) groups is 2. The van der Waals surface area contributed by atoms with Crippen molar-refractivity contribution in [2.75, 3.05) is 0 Å². The van der Waals surface area contributed by atoms with Gasteiger partial charge in [-0.15, -0.1) is 0 Å². The molecule has 1 fully saturated rings. The van der Waals surface area contributed by atoms with Crippen LogP contribution in [-0.4, -0.2) is 21.6 Å². The maximum Gasteiger partial charge on any atom is 0.335 e. The lowest BCUT2D eigenvalue weighted by Crippen LogP contribution is -2.27. The van der Waals surface area contributed by atoms with E-state index in [1.165, 1.54) is 24.8 Å². The van der Waals surface area contributed by atoms with Crippen molar-refractivity contribution in [1.82, 2.24) is 9.88 Å². The van der Waals surface area contributed by atoms with Crippen LogP contribution in [0.4, 0.5) is 0 Å². The summed E-state index contributed by atoms with van der Waals surface area (Å²) in [7, 11) is 0. The van der Waals surface area contributed by atoms with Gasteiger partial charge in [-0.05, 0) is 59.7 Å². The summed E-state index contributed by atoms with van der Waals surface area (Å²) in [6, 6.07) is 22.8. The largest absolute Gasteiger partial charge is 0.478 e. The first-order chi connectivity index (χ1) is 17.5. The number of carboxylic acid groups (broad SMARTS) is 1. The van der Waals surface area contributed by atoms with Crippen LogP contribution in [0.1, 0.15) is 59.5 Å². The number of carboxylic acids is 1. The summed E-state index contributed by atoms with van der Waals surface area (Å²) in [6.07, 6.45) is 5.74. The zero-order valence-electron chi connectivity index (χ0n) is 20.0. The van der Waals surface area contributed by atoms with Gasteiger partial charge >= 0.3 is 5.97 Å². The predicted molar refractivity (Wildman–Crippen MR) is 143 cm³/mol. The Hall–Kier alpha value is -3.57. The Kier molecular flexibility index (Phi) is 7.10. The second kappa shape index (κ2) is 10.6. The van der Waals surface area contributed by atoms with E-state index in [1.54, 1.807) is 12.1 Å². The van der Waals surface area contributed by atoms with Crippen molar-refractivity contribution in [3.05, 3.63) is 94.5 Å². The highest BCUT2D eigenvalue weighted by molar-refractivity contribution is 6.30. The van der Waals surface area contributed by atoms with Crippen LogP contribution < -0.4 is 5.32 Å². The van der Waals surface area contributed by atoms with Gasteiger partial charge < -0.3 is 15.0 Å². The fourth-order valence-electron chi connectivity index (χ4n) is 5.39. The lowest BCUT2D eigenvalue weighted by Gasteiger charge is -2.24. The maximum absolute atomic E-state index is 13.2. The number of aromatic nitrogens is 1. The number of carbonyl (C=O) groups excluding carboxylic acids is 1. The molecule has 0 spiro atoms. The number of amides is 1. The lowest BCUT2D eigenvalue weighted by atomic mass is 9.82. The van der Waals surface area contributed by atoms with Crippen molar-refractivity contribution in [3.8, 4) is 11.3 Å². The molecule has 1 aromatic heterocycles. The van der Waals surface area contributed by atoms with Gasteiger partial charge in [-0.25, -0.2) is 4.79 Å². The van der Waals surface area contributed by atoms with Crippen LogP contribution in [0.3, 0.4) is 0 Å². The van der Waals surface area contributed by atoms with E-state index >= 15 is 0 Å². The summed E-state index contributed by atoms with van der Waals surface area (Å²) < 4.78 is 2.00. The molecule has 1 aliphatic rings. The molecule has 2 N–H and O–H groups in total. The van der Waals surface area contributed by atoms with E-state index in [9.17, 15) is 14.7 Å². The van der Waals surface area contributed by atoms with Gasteiger partial charge in [-0.1, -0.05) is 79.4 Å². The van der Waals surface area contributed by atoms with Gasteiger partial charge in [0.25, 0.3) is 0 Å². The van der Waals surface area contributed by atoms with Crippen LogP contribution in [0, 0.1) is 0 Å². The van der Waals surface area contributed by atoms with Gasteiger partial charge in [0, 0.05) is 17.0 Å². The van der Waals surface area contributed by atoms with Crippen molar-refractivity contribution in [2.24, 2.45) is 0 Å². The number of benzene rings is 3. The second-order valence-electron chi connectivity index (χ2n) is 9.49. The maximum atomic E-state index is 13.2. The Morgan fingerprint density at radius 3 is 2.36 bits per heavy atom. The van der Waals surface area contributed by atoms with Gasteiger partial charge in [0.15, 0.2) is 0 Å². The highest BCUT2D eigenvalue weighted by Gasteiger charge is 2.27. The molecule has 1 heterocycles. The normalized spacial score (nSPS) is 14.1. The lowest BCUT2D eigenvalue weighted by molar-refractivity contribution is -0.121. The molecule has 0 saturated heterocycles. The van der Waals surface area contributed by atoms with Gasteiger partial charge in [0.1, 0.15) is 6.54 Å². The molecule has 36 heavy (non-hydrogen) atoms. The number of nitrogens with one attached hydrogen (secondary N) is 1. The predicted octanol–water partition coefficient (Wildman–Crippen LogP) is 7.02. The molecule has 0 bridgehead atoms. The first kappa shape index (κ1) is 24.1. The minimum absolute atomic E-state index is 0.0943. The SMILES string of the molecule is O=C(Cn1c(-c2ccc(Cl)cc2)c(C2CCCCC2)c2ccc(C(=O)O)cc21)NCc1ccccc1. The number of fused-ring (bicyclic) bond motifs is 1. The molecule has 6 heteroatoms. The number of aromatic carboxylic acids is 1. The molecule has 184 valence electrons. The molecule has 4 aromatic rings. The molecule has 5 nitrogen and oxygen atoms in total. The molecule has 0 atom stereocenters. The van der Waals surface area contributed by atoms with Gasteiger partial charge in [-0.3, -0.25) is 4.79 Å². The van der Waals surface area contributed by atoms with Crippen molar-refractivity contribution in [1.29, 1.82) is 0 Å². The average Bonchev–Trinajstić information content (AvgIpc) is 3.22. The fraction of sp³-hybridized carbons (Fsp3) is 0.267. The first-order valence-corrected chi connectivity index (χ1v) is 12.8. The summed E-state index contributed by atoms with van der Waals surface area (Å²) in [5.74, 6) is -0.747. The Morgan fingerprint density at radius 1 is 0.944 bits per heavy atom. The molecule has 3 aromatic carbocycles. The molecule has 0 unspecified atom stereocenters. The topological polar surface area (TPSA) is 71.3 Å². The van der Waals surface area contributed by atoms with E-state index in [2.05, 4.69) is 5.32 Å². The third-order valence-electron chi connectivity index (χ3n) is 7.12. The number of hydrogen-bond donors (Lipinski definition) is 2. The van der Waals surface area contributed by atoms with E-state index in [4.69, 9.17) is 11.6 Å². The Labute approximate surface area is 215 Å². The summed E-state index contributed by atoms with van der Waals surface area (Å²) in [6.45, 7) is 0.530. The zero-order chi connectivity index (χ0) is 25.1. The Bertz CT molecular complexity index is 1390. The van der Waals surface area contributed by atoms with Crippen molar-refractivity contribution in [3.63, 3.8) is 0 Å². The third-order valence-corrected chi connectivity index (χ3v) is 7.37.